The molecule has 3 atom stereocenters. The molecule has 0 spiro atoms. The average Bonchev–Trinajstić information content (AvgIpc) is 3.41. The highest BCUT2D eigenvalue weighted by Gasteiger charge is 2.43. The molecule has 3 aromatic rings. The summed E-state index contributed by atoms with van der Waals surface area (Å²) in [4.78, 5) is 21.4. The second-order valence-corrected chi connectivity index (χ2v) is 7.64. The second kappa shape index (κ2) is 6.40. The maximum absolute atomic E-state index is 5.28. The zero-order valence-corrected chi connectivity index (χ0v) is 15.7. The Bertz CT molecular complexity index is 942. The number of hydrogen-bond acceptors (Lipinski definition) is 6. The molecule has 140 valence electrons. The van der Waals surface area contributed by atoms with E-state index in [9.17, 15) is 0 Å². The summed E-state index contributed by atoms with van der Waals surface area (Å²) in [5.41, 5.74) is 0.903. The molecule has 1 saturated heterocycles. The Hall–Kier alpha value is -2.83. The molecule has 0 bridgehead atoms. The van der Waals surface area contributed by atoms with Gasteiger partial charge in [-0.15, -0.1) is 0 Å². The molecule has 27 heavy (non-hydrogen) atoms. The number of nitrogens with zero attached hydrogens (tertiary/aromatic N) is 5. The summed E-state index contributed by atoms with van der Waals surface area (Å²) in [7, 11) is 3.84. The number of H-pyrrole nitrogens is 1. The van der Waals surface area contributed by atoms with Gasteiger partial charge >= 0.3 is 0 Å². The molecule has 2 aliphatic rings. The molecule has 3 aromatic heterocycles. The highest BCUT2D eigenvalue weighted by atomic mass is 16.5. The van der Waals surface area contributed by atoms with E-state index < -0.39 is 0 Å². The number of aromatic amines is 1. The normalized spacial score (nSPS) is 24.4. The lowest BCUT2D eigenvalue weighted by Crippen LogP contribution is -2.33. The van der Waals surface area contributed by atoms with E-state index in [1.165, 1.54) is 12.8 Å². The molecule has 0 aromatic carbocycles. The van der Waals surface area contributed by atoms with Crippen LogP contribution in [0.2, 0.25) is 0 Å². The van der Waals surface area contributed by atoms with Gasteiger partial charge in [0.15, 0.2) is 0 Å². The lowest BCUT2D eigenvalue weighted by Gasteiger charge is -2.28. The van der Waals surface area contributed by atoms with Crippen molar-refractivity contribution < 1.29 is 4.74 Å². The van der Waals surface area contributed by atoms with Crippen molar-refractivity contribution >= 4 is 22.7 Å². The molecule has 2 fully saturated rings. The summed E-state index contributed by atoms with van der Waals surface area (Å²) in [5, 5.41) is 1.10. The van der Waals surface area contributed by atoms with Gasteiger partial charge < -0.3 is 19.5 Å². The number of fused-ring (bicyclic) bond motifs is 2. The van der Waals surface area contributed by atoms with Crippen molar-refractivity contribution in [3.63, 3.8) is 0 Å². The molecule has 1 saturated carbocycles. The predicted molar refractivity (Wildman–Crippen MR) is 105 cm³/mol. The molecular weight excluding hydrogens is 340 g/mol. The third kappa shape index (κ3) is 2.78. The number of rotatable bonds is 4. The maximum Gasteiger partial charge on any atom is 0.214 e. The number of ether oxygens (including phenoxy) is 1. The summed E-state index contributed by atoms with van der Waals surface area (Å²) < 4.78 is 5.28. The molecule has 7 nitrogen and oxygen atoms in total. The van der Waals surface area contributed by atoms with Crippen LogP contribution in [0.3, 0.4) is 0 Å². The number of pyridine rings is 1. The van der Waals surface area contributed by atoms with Crippen molar-refractivity contribution in [2.24, 2.45) is 11.8 Å². The smallest absolute Gasteiger partial charge is 0.214 e. The number of nitrogens with one attached hydrogen (secondary N) is 1. The van der Waals surface area contributed by atoms with Gasteiger partial charge in [0.2, 0.25) is 5.88 Å². The molecule has 1 N–H and O–H groups in total. The van der Waals surface area contributed by atoms with Gasteiger partial charge in [-0.05, 0) is 36.8 Å². The lowest BCUT2D eigenvalue weighted by molar-refractivity contribution is 0.398. The largest absolute Gasteiger partial charge is 0.481 e. The first-order valence-corrected chi connectivity index (χ1v) is 9.50. The van der Waals surface area contributed by atoms with Crippen LogP contribution in [0, 0.1) is 11.8 Å². The SMILES string of the molecule is COc1cccc(N2CC3C[C@@H](N(C)c4ncnc5[nH]ccc45)C[C@@H]3C2)n1. The monoisotopic (exact) mass is 364 g/mol. The standard InChI is InChI=1S/C20H24N6O/c1-25(20-16-6-7-21-19(16)22-12-23-20)15-8-13-10-26(11-14(13)9-15)17-4-3-5-18(24-17)27-2/h3-7,12-15H,8-11H2,1-2H3,(H,21,22,23)/t13-,14?,15+/m1/s1. The molecule has 4 heterocycles. The molecule has 0 amide bonds. The van der Waals surface area contributed by atoms with Crippen LogP contribution >= 0.6 is 0 Å². The van der Waals surface area contributed by atoms with E-state index >= 15 is 0 Å². The fourth-order valence-electron chi connectivity index (χ4n) is 4.78. The Morgan fingerprint density at radius 3 is 2.74 bits per heavy atom. The van der Waals surface area contributed by atoms with E-state index in [2.05, 4.69) is 48.9 Å². The van der Waals surface area contributed by atoms with Crippen LogP contribution in [0.5, 0.6) is 5.88 Å². The van der Waals surface area contributed by atoms with E-state index in [0.29, 0.717) is 23.8 Å². The summed E-state index contributed by atoms with van der Waals surface area (Å²) >= 11 is 0. The van der Waals surface area contributed by atoms with Gasteiger partial charge in [0, 0.05) is 38.4 Å². The van der Waals surface area contributed by atoms with Crippen LogP contribution in [0.1, 0.15) is 12.8 Å². The van der Waals surface area contributed by atoms with Crippen molar-refractivity contribution in [1.82, 2.24) is 19.9 Å². The van der Waals surface area contributed by atoms with E-state index in [1.54, 1.807) is 13.4 Å². The number of aromatic nitrogens is 4. The van der Waals surface area contributed by atoms with Crippen molar-refractivity contribution in [2.45, 2.75) is 18.9 Å². The summed E-state index contributed by atoms with van der Waals surface area (Å²) in [6, 6.07) is 8.58. The quantitative estimate of drug-likeness (QED) is 0.768. The molecule has 1 aliphatic heterocycles. The third-order valence-electron chi connectivity index (χ3n) is 6.18. The van der Waals surface area contributed by atoms with Crippen molar-refractivity contribution in [3.8, 4) is 5.88 Å². The van der Waals surface area contributed by atoms with Gasteiger partial charge in [-0.2, -0.15) is 4.98 Å². The van der Waals surface area contributed by atoms with Gasteiger partial charge in [0.05, 0.1) is 12.5 Å². The Morgan fingerprint density at radius 1 is 1.15 bits per heavy atom. The van der Waals surface area contributed by atoms with E-state index in [-0.39, 0.29) is 0 Å². The Labute approximate surface area is 158 Å². The van der Waals surface area contributed by atoms with E-state index in [0.717, 1.165) is 35.8 Å². The van der Waals surface area contributed by atoms with Crippen LogP contribution in [-0.2, 0) is 0 Å². The van der Waals surface area contributed by atoms with Crippen LogP contribution in [0.15, 0.2) is 36.8 Å². The fourth-order valence-corrected chi connectivity index (χ4v) is 4.78. The van der Waals surface area contributed by atoms with Gasteiger partial charge in [0.1, 0.15) is 23.6 Å². The molecule has 0 radical (unpaired) electrons. The van der Waals surface area contributed by atoms with Crippen molar-refractivity contribution in [3.05, 3.63) is 36.8 Å². The minimum atomic E-state index is 0.522. The van der Waals surface area contributed by atoms with Crippen molar-refractivity contribution in [2.75, 3.05) is 37.0 Å². The van der Waals surface area contributed by atoms with Gasteiger partial charge in [-0.3, -0.25) is 0 Å². The third-order valence-corrected chi connectivity index (χ3v) is 6.18. The van der Waals surface area contributed by atoms with Crippen LogP contribution in [-0.4, -0.2) is 53.2 Å². The number of hydrogen-bond donors (Lipinski definition) is 1. The molecule has 7 heteroatoms. The molecule has 1 aliphatic carbocycles. The summed E-state index contributed by atoms with van der Waals surface area (Å²) in [6.45, 7) is 2.14. The fraction of sp³-hybridized carbons (Fsp3) is 0.450. The summed E-state index contributed by atoms with van der Waals surface area (Å²) in [6.07, 6.45) is 5.96. The first-order valence-electron chi connectivity index (χ1n) is 9.50. The maximum atomic E-state index is 5.28. The van der Waals surface area contributed by atoms with Crippen LogP contribution < -0.4 is 14.5 Å². The van der Waals surface area contributed by atoms with Gasteiger partial charge in [-0.25, -0.2) is 9.97 Å². The second-order valence-electron chi connectivity index (χ2n) is 7.64. The van der Waals surface area contributed by atoms with Gasteiger partial charge in [-0.1, -0.05) is 6.07 Å². The Morgan fingerprint density at radius 2 is 1.96 bits per heavy atom. The highest BCUT2D eigenvalue weighted by molar-refractivity contribution is 5.87. The number of anilines is 2. The zero-order chi connectivity index (χ0) is 18.4. The Kier molecular flexibility index (Phi) is 3.88. The Balaban J connectivity index is 1.30. The molecule has 5 rings (SSSR count). The predicted octanol–water partition coefficient (Wildman–Crippen LogP) is 2.71. The molecule has 1 unspecified atom stereocenters. The van der Waals surface area contributed by atoms with E-state index in [4.69, 9.17) is 4.74 Å². The number of methoxy groups -OCH3 is 1. The van der Waals surface area contributed by atoms with Gasteiger partial charge in [0.25, 0.3) is 0 Å². The summed E-state index contributed by atoms with van der Waals surface area (Å²) in [5.74, 6) is 4.14. The topological polar surface area (TPSA) is 70.2 Å². The van der Waals surface area contributed by atoms with E-state index in [1.807, 2.05) is 18.3 Å². The minimum absolute atomic E-state index is 0.522. The lowest BCUT2D eigenvalue weighted by atomic mass is 10.0. The van der Waals surface area contributed by atoms with Crippen LogP contribution in [0.25, 0.3) is 11.0 Å². The minimum Gasteiger partial charge on any atom is -0.481 e. The molecular formula is C20H24N6O. The van der Waals surface area contributed by atoms with Crippen molar-refractivity contribution in [1.29, 1.82) is 0 Å². The van der Waals surface area contributed by atoms with Crippen LogP contribution in [0.4, 0.5) is 11.6 Å². The first-order chi connectivity index (χ1) is 13.2. The highest BCUT2D eigenvalue weighted by Crippen LogP contribution is 2.42. The average molecular weight is 364 g/mol. The zero-order valence-electron chi connectivity index (χ0n) is 15.7. The first kappa shape index (κ1) is 16.4.